The fraction of sp³-hybridized carbons (Fsp3) is 0. The predicted octanol–water partition coefficient (Wildman–Crippen LogP) is 13.6. The number of hydrogen-bond acceptors (Lipinski definition) is 3. The average Bonchev–Trinajstić information content (AvgIpc) is 3.20. The number of ether oxygens (including phenoxy) is 2. The van der Waals surface area contributed by atoms with Crippen molar-refractivity contribution in [3.8, 4) is 73.6 Å². The summed E-state index contributed by atoms with van der Waals surface area (Å²) in [4.78, 5) is 3.62. The van der Waals surface area contributed by atoms with Crippen molar-refractivity contribution in [3.63, 3.8) is 0 Å². The molecule has 4 nitrogen and oxygen atoms in total. The van der Waals surface area contributed by atoms with Crippen LogP contribution in [0.1, 0.15) is 5.56 Å². The second-order valence-corrected chi connectivity index (χ2v) is 13.3. The average molecular weight is 661 g/mol. The highest BCUT2D eigenvalue weighted by atomic mass is 16.5. The minimum Gasteiger partial charge on any atom is -0.457 e. The highest BCUT2D eigenvalue weighted by molar-refractivity contribution is 6.25. The molecule has 0 saturated heterocycles. The minimum atomic E-state index is 0.561. The summed E-state index contributed by atoms with van der Waals surface area (Å²) in [6, 6.07) is 52.5. The first-order valence-corrected chi connectivity index (χ1v) is 17.2. The van der Waals surface area contributed by atoms with Gasteiger partial charge in [0.2, 0.25) is 0 Å². The molecule has 52 heavy (non-hydrogen) atoms. The van der Waals surface area contributed by atoms with Crippen LogP contribution >= 0.6 is 0 Å². The van der Waals surface area contributed by atoms with Gasteiger partial charge in [0.15, 0.2) is 5.69 Å². The molecule has 2 aliphatic rings. The highest BCUT2D eigenvalue weighted by Crippen LogP contribution is 2.53. The van der Waals surface area contributed by atoms with E-state index in [1.807, 2.05) is 42.5 Å². The van der Waals surface area contributed by atoms with E-state index < -0.39 is 0 Å². The molecule has 0 amide bonds. The summed E-state index contributed by atoms with van der Waals surface area (Å²) in [7, 11) is 0. The third-order valence-corrected chi connectivity index (χ3v) is 10.7. The molecule has 0 fully saturated rings. The van der Waals surface area contributed by atoms with Gasteiger partial charge in [-0.05, 0) is 103 Å². The monoisotopic (exact) mass is 660 g/mol. The maximum absolute atomic E-state index is 9.77. The van der Waals surface area contributed by atoms with E-state index in [2.05, 4.69) is 114 Å². The predicted molar refractivity (Wildman–Crippen MR) is 209 cm³/mol. The van der Waals surface area contributed by atoms with Crippen molar-refractivity contribution in [2.75, 3.05) is 0 Å². The van der Waals surface area contributed by atoms with Gasteiger partial charge in [0.1, 0.15) is 23.0 Å². The van der Waals surface area contributed by atoms with Crippen molar-refractivity contribution in [1.82, 2.24) is 0 Å². The molecule has 0 aliphatic carbocycles. The van der Waals surface area contributed by atoms with E-state index in [1.165, 1.54) is 5.56 Å². The lowest BCUT2D eigenvalue weighted by Gasteiger charge is -2.24. The third kappa shape index (κ3) is 3.84. The Kier molecular flexibility index (Phi) is 5.77. The Bertz CT molecular complexity index is 3110. The Balaban J connectivity index is 1.15. The lowest BCUT2D eigenvalue weighted by molar-refractivity contribution is 0.487. The maximum atomic E-state index is 9.77. The van der Waals surface area contributed by atoms with E-state index in [1.54, 1.807) is 0 Å². The van der Waals surface area contributed by atoms with Gasteiger partial charge in [-0.3, -0.25) is 0 Å². The molecule has 11 rings (SSSR count). The zero-order valence-electron chi connectivity index (χ0n) is 27.6. The van der Waals surface area contributed by atoms with Gasteiger partial charge in [0.25, 0.3) is 0 Å². The van der Waals surface area contributed by atoms with E-state index in [4.69, 9.17) is 16.0 Å². The SMILES string of the molecule is [C-]#[N+]c1ccc2c(c1)Oc1ccc(-c3c4ccccc4c(-c4ccc5c(c4)Oc4ccc(C#N)c6cccc-5c46)c4ccccc34)c3cccc-2c13. The first kappa shape index (κ1) is 28.4. The van der Waals surface area contributed by atoms with Crippen molar-refractivity contribution in [3.05, 3.63) is 163 Å². The van der Waals surface area contributed by atoms with Crippen LogP contribution in [0.15, 0.2) is 146 Å². The molecule has 9 aromatic rings. The summed E-state index contributed by atoms with van der Waals surface area (Å²) in [5, 5.41) is 18.5. The summed E-state index contributed by atoms with van der Waals surface area (Å²) < 4.78 is 13.1. The van der Waals surface area contributed by atoms with Crippen molar-refractivity contribution in [2.45, 2.75) is 0 Å². The Labute approximate surface area is 298 Å². The van der Waals surface area contributed by atoms with Gasteiger partial charge in [-0.25, -0.2) is 4.85 Å². The Hall–Kier alpha value is -7.40. The molecule has 238 valence electrons. The van der Waals surface area contributed by atoms with E-state index in [9.17, 15) is 5.26 Å². The lowest BCUT2D eigenvalue weighted by atomic mass is 9.83. The number of hydrogen-bond donors (Lipinski definition) is 0. The van der Waals surface area contributed by atoms with Gasteiger partial charge < -0.3 is 9.47 Å². The van der Waals surface area contributed by atoms with Crippen LogP contribution in [0.25, 0.3) is 92.4 Å². The zero-order valence-corrected chi connectivity index (χ0v) is 27.6. The lowest BCUT2D eigenvalue weighted by Crippen LogP contribution is -1.99. The topological polar surface area (TPSA) is 46.6 Å². The van der Waals surface area contributed by atoms with Crippen LogP contribution < -0.4 is 9.47 Å². The first-order valence-electron chi connectivity index (χ1n) is 17.2. The largest absolute Gasteiger partial charge is 0.457 e. The number of benzene rings is 9. The molecule has 0 bridgehead atoms. The maximum Gasteiger partial charge on any atom is 0.190 e. The van der Waals surface area contributed by atoms with Gasteiger partial charge in [-0.1, -0.05) is 103 Å². The van der Waals surface area contributed by atoms with Crippen molar-refractivity contribution < 1.29 is 9.47 Å². The molecule has 0 saturated carbocycles. The van der Waals surface area contributed by atoms with Crippen molar-refractivity contribution in [2.24, 2.45) is 0 Å². The fourth-order valence-corrected chi connectivity index (χ4v) is 8.52. The zero-order chi connectivity index (χ0) is 34.5. The van der Waals surface area contributed by atoms with Crippen LogP contribution in [0.5, 0.6) is 23.0 Å². The smallest absolute Gasteiger partial charge is 0.190 e. The molecule has 2 aliphatic heterocycles. The molecule has 0 N–H and O–H groups in total. The van der Waals surface area contributed by atoms with E-state index in [0.717, 1.165) is 99.3 Å². The molecule has 0 radical (unpaired) electrons. The molecule has 2 heterocycles. The number of rotatable bonds is 2. The fourth-order valence-electron chi connectivity index (χ4n) is 8.52. The molecule has 0 atom stereocenters. The Morgan fingerprint density at radius 2 is 0.981 bits per heavy atom. The minimum absolute atomic E-state index is 0.561. The molecular weight excluding hydrogens is 637 g/mol. The van der Waals surface area contributed by atoms with Crippen LogP contribution in [-0.2, 0) is 0 Å². The Morgan fingerprint density at radius 1 is 0.442 bits per heavy atom. The molecular formula is C48H24N2O2. The summed E-state index contributed by atoms with van der Waals surface area (Å²) >= 11 is 0. The van der Waals surface area contributed by atoms with Crippen LogP contribution in [0.4, 0.5) is 5.69 Å². The van der Waals surface area contributed by atoms with Gasteiger partial charge in [0.05, 0.1) is 18.2 Å². The van der Waals surface area contributed by atoms with Crippen molar-refractivity contribution in [1.29, 1.82) is 5.26 Å². The quantitative estimate of drug-likeness (QED) is 0.137. The van der Waals surface area contributed by atoms with E-state index in [0.29, 0.717) is 17.0 Å². The number of nitriles is 1. The summed E-state index contributed by atoms with van der Waals surface area (Å²) in [5.41, 5.74) is 9.93. The van der Waals surface area contributed by atoms with Crippen LogP contribution in [0.2, 0.25) is 0 Å². The standard InChI is InChI=1S/C48H24N2O2/c1-50-29-18-20-32-34-14-7-15-39-40(21-23-42(48(34)39)52-44(32)25-29)46-37-10-4-2-8-35(37)45(36-9-3-5-11-38(36)46)27-16-19-31-33-13-6-12-30-28(26-49)17-22-41(47(30)33)51-43(31)24-27/h2-25H. The third-order valence-electron chi connectivity index (χ3n) is 10.7. The van der Waals surface area contributed by atoms with Gasteiger partial charge in [0, 0.05) is 27.3 Å². The summed E-state index contributed by atoms with van der Waals surface area (Å²) in [6.07, 6.45) is 0. The number of nitrogens with zero attached hydrogens (tertiary/aromatic N) is 2. The van der Waals surface area contributed by atoms with Crippen LogP contribution in [0, 0.1) is 17.9 Å². The van der Waals surface area contributed by atoms with E-state index in [-0.39, 0.29) is 0 Å². The molecule has 4 heteroatoms. The molecule has 9 aromatic carbocycles. The van der Waals surface area contributed by atoms with Crippen LogP contribution in [0.3, 0.4) is 0 Å². The molecule has 0 unspecified atom stereocenters. The van der Waals surface area contributed by atoms with Gasteiger partial charge in [-0.2, -0.15) is 5.26 Å². The summed E-state index contributed by atoms with van der Waals surface area (Å²) in [5.74, 6) is 3.07. The number of fused-ring (bicyclic) bond motifs is 6. The normalized spacial score (nSPS) is 12.1. The van der Waals surface area contributed by atoms with Gasteiger partial charge >= 0.3 is 0 Å². The highest BCUT2D eigenvalue weighted by Gasteiger charge is 2.26. The molecule has 0 aromatic heterocycles. The molecule has 0 spiro atoms. The van der Waals surface area contributed by atoms with Crippen LogP contribution in [-0.4, -0.2) is 0 Å². The second-order valence-electron chi connectivity index (χ2n) is 13.3. The summed E-state index contributed by atoms with van der Waals surface area (Å²) in [6.45, 7) is 7.50. The Morgan fingerprint density at radius 3 is 1.63 bits per heavy atom. The van der Waals surface area contributed by atoms with E-state index >= 15 is 0 Å². The van der Waals surface area contributed by atoms with Crippen molar-refractivity contribution >= 4 is 48.8 Å². The van der Waals surface area contributed by atoms with Gasteiger partial charge in [-0.15, -0.1) is 0 Å². The first-order chi connectivity index (χ1) is 25.7. The second kappa shape index (κ2) is 10.6.